The lowest BCUT2D eigenvalue weighted by Crippen LogP contribution is -2.09. The van der Waals surface area contributed by atoms with E-state index in [0.29, 0.717) is 0 Å². The highest BCUT2D eigenvalue weighted by molar-refractivity contribution is 5.91. The molecule has 0 aliphatic carbocycles. The Morgan fingerprint density at radius 3 is 1.76 bits per heavy atom. The molecule has 0 fully saturated rings. The summed E-state index contributed by atoms with van der Waals surface area (Å²) in [6, 6.07) is 18.4. The summed E-state index contributed by atoms with van der Waals surface area (Å²) >= 11 is 0. The van der Waals surface area contributed by atoms with Gasteiger partial charge in [-0.05, 0) is 41.7 Å². The monoisotopic (exact) mass is 503 g/mol. The van der Waals surface area contributed by atoms with Crippen LogP contribution in [0.15, 0.2) is 60.7 Å². The predicted molar refractivity (Wildman–Crippen MR) is 143 cm³/mol. The van der Waals surface area contributed by atoms with Crippen LogP contribution in [0.3, 0.4) is 0 Å². The third kappa shape index (κ3) is 8.82. The Labute approximate surface area is 219 Å². The molecule has 0 N–H and O–H groups in total. The standard InChI is InChI=1S/C32H35F2NO2/c1-2-3-4-5-6-7-8-9-10-11-12-24-13-15-25(16-14-24)26-17-19-27(20-18-26)32(36)37-28-21-30(33)29(23-35)31(34)22-28/h13-22H,2-12H2,1H3. The summed E-state index contributed by atoms with van der Waals surface area (Å²) in [5, 5.41) is 8.75. The second-order valence-corrected chi connectivity index (χ2v) is 9.47. The number of carbonyl (C=O) groups is 1. The Hall–Kier alpha value is -3.52. The van der Waals surface area contributed by atoms with Crippen LogP contribution in [-0.4, -0.2) is 5.97 Å². The minimum absolute atomic E-state index is 0.256. The molecule has 3 rings (SSSR count). The van der Waals surface area contributed by atoms with Gasteiger partial charge in [0.2, 0.25) is 0 Å². The molecular formula is C32H35F2NO2. The zero-order valence-electron chi connectivity index (χ0n) is 21.6. The number of unbranched alkanes of at least 4 members (excludes halogenated alkanes) is 9. The van der Waals surface area contributed by atoms with E-state index in [0.717, 1.165) is 29.7 Å². The highest BCUT2D eigenvalue weighted by atomic mass is 19.1. The van der Waals surface area contributed by atoms with Crippen LogP contribution in [0.2, 0.25) is 0 Å². The molecular weight excluding hydrogens is 468 g/mol. The molecule has 0 atom stereocenters. The number of nitriles is 1. The van der Waals surface area contributed by atoms with Crippen LogP contribution in [0.1, 0.15) is 92.6 Å². The Kier molecular flexibility index (Phi) is 11.3. The summed E-state index contributed by atoms with van der Waals surface area (Å²) in [6.45, 7) is 2.25. The van der Waals surface area contributed by atoms with Crippen LogP contribution in [0.5, 0.6) is 5.75 Å². The number of nitrogens with zero attached hydrogens (tertiary/aromatic N) is 1. The lowest BCUT2D eigenvalue weighted by molar-refractivity contribution is 0.0734. The molecule has 3 aromatic carbocycles. The van der Waals surface area contributed by atoms with E-state index in [-0.39, 0.29) is 11.3 Å². The molecule has 0 saturated carbocycles. The number of benzene rings is 3. The summed E-state index contributed by atoms with van der Waals surface area (Å²) < 4.78 is 32.6. The molecule has 0 aliphatic rings. The van der Waals surface area contributed by atoms with Gasteiger partial charge in [-0.2, -0.15) is 5.26 Å². The third-order valence-corrected chi connectivity index (χ3v) is 6.56. The molecule has 0 amide bonds. The Morgan fingerprint density at radius 1 is 0.757 bits per heavy atom. The molecule has 5 heteroatoms. The summed E-state index contributed by atoms with van der Waals surface area (Å²) in [5.74, 6) is -3.17. The van der Waals surface area contributed by atoms with E-state index in [2.05, 4.69) is 31.2 Å². The maximum absolute atomic E-state index is 13.8. The van der Waals surface area contributed by atoms with Crippen molar-refractivity contribution in [3.8, 4) is 22.9 Å². The van der Waals surface area contributed by atoms with E-state index in [1.807, 2.05) is 12.1 Å². The SMILES string of the molecule is CCCCCCCCCCCCc1ccc(-c2ccc(C(=O)Oc3cc(F)c(C#N)c(F)c3)cc2)cc1. The first-order chi connectivity index (χ1) is 18.0. The van der Waals surface area contributed by atoms with Crippen LogP contribution < -0.4 is 4.74 Å². The Bertz CT molecular complexity index is 1160. The molecule has 0 spiro atoms. The fourth-order valence-electron chi connectivity index (χ4n) is 4.36. The number of carbonyl (C=O) groups excluding carboxylic acids is 1. The second-order valence-electron chi connectivity index (χ2n) is 9.47. The van der Waals surface area contributed by atoms with E-state index < -0.39 is 23.2 Å². The first-order valence-electron chi connectivity index (χ1n) is 13.3. The zero-order chi connectivity index (χ0) is 26.5. The summed E-state index contributed by atoms with van der Waals surface area (Å²) in [6.07, 6.45) is 14.4. The second kappa shape index (κ2) is 14.9. The molecule has 0 saturated heterocycles. The van der Waals surface area contributed by atoms with E-state index in [1.165, 1.54) is 75.8 Å². The molecule has 0 heterocycles. The molecule has 0 aliphatic heterocycles. The molecule has 0 radical (unpaired) electrons. The van der Waals surface area contributed by atoms with Crippen LogP contribution in [-0.2, 0) is 6.42 Å². The first-order valence-corrected chi connectivity index (χ1v) is 13.3. The number of hydrogen-bond donors (Lipinski definition) is 0. The fourth-order valence-corrected chi connectivity index (χ4v) is 4.36. The number of aryl methyl sites for hydroxylation is 1. The van der Waals surface area contributed by atoms with Crippen molar-refractivity contribution in [1.29, 1.82) is 5.26 Å². The van der Waals surface area contributed by atoms with Crippen molar-refractivity contribution in [1.82, 2.24) is 0 Å². The summed E-state index contributed by atoms with van der Waals surface area (Å²) in [7, 11) is 0. The summed E-state index contributed by atoms with van der Waals surface area (Å²) in [4.78, 5) is 12.4. The van der Waals surface area contributed by atoms with Gasteiger partial charge in [0, 0.05) is 12.1 Å². The van der Waals surface area contributed by atoms with Crippen molar-refractivity contribution >= 4 is 5.97 Å². The molecule has 3 nitrogen and oxygen atoms in total. The minimum Gasteiger partial charge on any atom is -0.423 e. The quantitative estimate of drug-likeness (QED) is 0.125. The van der Waals surface area contributed by atoms with Crippen molar-refractivity contribution < 1.29 is 18.3 Å². The molecule has 0 unspecified atom stereocenters. The van der Waals surface area contributed by atoms with Crippen molar-refractivity contribution in [2.45, 2.75) is 77.6 Å². The first kappa shape index (κ1) is 28.1. The normalized spacial score (nSPS) is 10.8. The molecule has 0 bridgehead atoms. The highest BCUT2D eigenvalue weighted by Crippen LogP contribution is 2.24. The number of hydrogen-bond acceptors (Lipinski definition) is 3. The van der Waals surface area contributed by atoms with Gasteiger partial charge in [0.1, 0.15) is 29.0 Å². The zero-order valence-corrected chi connectivity index (χ0v) is 21.6. The maximum atomic E-state index is 13.8. The number of halogens is 2. The smallest absolute Gasteiger partial charge is 0.343 e. The van der Waals surface area contributed by atoms with Crippen molar-refractivity contribution in [2.75, 3.05) is 0 Å². The van der Waals surface area contributed by atoms with Crippen LogP contribution in [0.4, 0.5) is 8.78 Å². The lowest BCUT2D eigenvalue weighted by atomic mass is 10.00. The predicted octanol–water partition coefficient (Wildman–Crippen LogP) is 9.19. The van der Waals surface area contributed by atoms with Crippen LogP contribution >= 0.6 is 0 Å². The largest absolute Gasteiger partial charge is 0.423 e. The minimum atomic E-state index is -1.07. The van der Waals surface area contributed by atoms with Gasteiger partial charge in [-0.15, -0.1) is 0 Å². The van der Waals surface area contributed by atoms with Gasteiger partial charge >= 0.3 is 5.97 Å². The molecule has 37 heavy (non-hydrogen) atoms. The number of ether oxygens (including phenoxy) is 1. The third-order valence-electron chi connectivity index (χ3n) is 6.56. The van der Waals surface area contributed by atoms with Crippen LogP contribution in [0.25, 0.3) is 11.1 Å². The van der Waals surface area contributed by atoms with Crippen LogP contribution in [0, 0.1) is 23.0 Å². The van der Waals surface area contributed by atoms with Gasteiger partial charge in [0.05, 0.1) is 5.56 Å². The van der Waals surface area contributed by atoms with Gasteiger partial charge in [-0.3, -0.25) is 0 Å². The molecule has 194 valence electrons. The highest BCUT2D eigenvalue weighted by Gasteiger charge is 2.15. The van der Waals surface area contributed by atoms with Crippen molar-refractivity contribution in [3.63, 3.8) is 0 Å². The van der Waals surface area contributed by atoms with Gasteiger partial charge in [0.15, 0.2) is 0 Å². The topological polar surface area (TPSA) is 50.1 Å². The molecule has 3 aromatic rings. The van der Waals surface area contributed by atoms with Gasteiger partial charge in [-0.1, -0.05) is 101 Å². The van der Waals surface area contributed by atoms with Gasteiger partial charge < -0.3 is 4.74 Å². The molecule has 0 aromatic heterocycles. The van der Waals surface area contributed by atoms with Gasteiger partial charge in [0.25, 0.3) is 0 Å². The van der Waals surface area contributed by atoms with Gasteiger partial charge in [-0.25, -0.2) is 13.6 Å². The van der Waals surface area contributed by atoms with Crippen molar-refractivity contribution in [3.05, 3.63) is 89.0 Å². The van der Waals surface area contributed by atoms with E-state index in [1.54, 1.807) is 12.1 Å². The van der Waals surface area contributed by atoms with E-state index in [9.17, 15) is 13.6 Å². The average Bonchev–Trinajstić information content (AvgIpc) is 2.90. The number of rotatable bonds is 14. The Balaban J connectivity index is 1.44. The van der Waals surface area contributed by atoms with E-state index >= 15 is 0 Å². The fraction of sp³-hybridized carbons (Fsp3) is 0.375. The maximum Gasteiger partial charge on any atom is 0.343 e. The van der Waals surface area contributed by atoms with E-state index in [4.69, 9.17) is 10.00 Å². The average molecular weight is 504 g/mol. The van der Waals surface area contributed by atoms with Crippen molar-refractivity contribution in [2.24, 2.45) is 0 Å². The Morgan fingerprint density at radius 2 is 1.24 bits per heavy atom. The lowest BCUT2D eigenvalue weighted by Gasteiger charge is -2.08. The number of esters is 1. The summed E-state index contributed by atoms with van der Waals surface area (Å²) in [5.41, 5.74) is 2.87.